The predicted molar refractivity (Wildman–Crippen MR) is 118 cm³/mol. The van der Waals surface area contributed by atoms with E-state index in [0.29, 0.717) is 11.4 Å². The van der Waals surface area contributed by atoms with E-state index < -0.39 is 5.91 Å². The molecule has 1 heterocycles. The predicted octanol–water partition coefficient (Wildman–Crippen LogP) is 5.37. The largest absolute Gasteiger partial charge is 0.495 e. The van der Waals surface area contributed by atoms with Gasteiger partial charge in [-0.05, 0) is 61.1 Å². The highest BCUT2D eigenvalue weighted by molar-refractivity contribution is 6.10. The highest BCUT2D eigenvalue weighted by atomic mass is 16.5. The van der Waals surface area contributed by atoms with E-state index in [0.717, 1.165) is 35.5 Å². The smallest absolute Gasteiger partial charge is 0.266 e. The lowest BCUT2D eigenvalue weighted by molar-refractivity contribution is -0.112. The molecule has 1 N–H and O–H groups in total. The Hall–Kier alpha value is -3.00. The van der Waals surface area contributed by atoms with E-state index in [1.54, 1.807) is 13.2 Å². The van der Waals surface area contributed by atoms with Gasteiger partial charge in [0.2, 0.25) is 0 Å². The lowest BCUT2D eigenvalue weighted by Gasteiger charge is -2.21. The number of hydrogen-bond acceptors (Lipinski definition) is 3. The standard InChI is InChI=1S/C24H31N3O2/c1-8-11-27-16(2)12-18(17(27)3)13-19(15-25)23(28)26-21-14-20(24(4,5)6)9-10-22(21)29-7/h9-10,12-14H,8,11H2,1-7H3,(H,26,28)/b19-13+. The van der Waals surface area contributed by atoms with Gasteiger partial charge in [-0.1, -0.05) is 33.8 Å². The Labute approximate surface area is 174 Å². The van der Waals surface area contributed by atoms with Crippen molar-refractivity contribution in [1.82, 2.24) is 4.57 Å². The molecule has 5 heteroatoms. The van der Waals surface area contributed by atoms with E-state index in [9.17, 15) is 10.1 Å². The van der Waals surface area contributed by atoms with Crippen molar-refractivity contribution in [2.75, 3.05) is 12.4 Å². The normalized spacial score (nSPS) is 11.9. The summed E-state index contributed by atoms with van der Waals surface area (Å²) in [6, 6.07) is 9.77. The van der Waals surface area contributed by atoms with E-state index in [4.69, 9.17) is 4.74 Å². The molecule has 0 saturated carbocycles. The summed E-state index contributed by atoms with van der Waals surface area (Å²) in [7, 11) is 1.56. The Morgan fingerprint density at radius 2 is 1.97 bits per heavy atom. The Kier molecular flexibility index (Phi) is 6.92. The first-order valence-corrected chi connectivity index (χ1v) is 9.90. The third-order valence-corrected chi connectivity index (χ3v) is 5.04. The minimum atomic E-state index is -0.447. The first-order chi connectivity index (χ1) is 13.6. The lowest BCUT2D eigenvalue weighted by atomic mass is 9.87. The summed E-state index contributed by atoms with van der Waals surface area (Å²) in [6.07, 6.45) is 2.68. The highest BCUT2D eigenvalue weighted by Crippen LogP contribution is 2.31. The fourth-order valence-corrected chi connectivity index (χ4v) is 3.31. The van der Waals surface area contributed by atoms with Crippen LogP contribution in [-0.4, -0.2) is 17.6 Å². The van der Waals surface area contributed by atoms with Gasteiger partial charge >= 0.3 is 0 Å². The molecule has 1 aromatic carbocycles. The van der Waals surface area contributed by atoms with Crippen LogP contribution in [0.4, 0.5) is 5.69 Å². The maximum Gasteiger partial charge on any atom is 0.266 e. The number of amides is 1. The van der Waals surface area contributed by atoms with Crippen LogP contribution in [-0.2, 0) is 16.8 Å². The van der Waals surface area contributed by atoms with Crippen molar-refractivity contribution in [1.29, 1.82) is 5.26 Å². The number of carbonyl (C=O) groups excluding carboxylic acids is 1. The van der Waals surface area contributed by atoms with Gasteiger partial charge < -0.3 is 14.6 Å². The van der Waals surface area contributed by atoms with E-state index in [1.165, 1.54) is 0 Å². The maximum absolute atomic E-state index is 12.8. The van der Waals surface area contributed by atoms with E-state index in [-0.39, 0.29) is 11.0 Å². The average Bonchev–Trinajstić information content (AvgIpc) is 2.92. The second-order valence-corrected chi connectivity index (χ2v) is 8.27. The number of aryl methyl sites for hydroxylation is 1. The molecule has 1 amide bonds. The molecule has 0 saturated heterocycles. The fourth-order valence-electron chi connectivity index (χ4n) is 3.31. The molecular weight excluding hydrogens is 362 g/mol. The molecule has 0 atom stereocenters. The highest BCUT2D eigenvalue weighted by Gasteiger charge is 2.19. The van der Waals surface area contributed by atoms with Crippen LogP contribution in [0.3, 0.4) is 0 Å². The van der Waals surface area contributed by atoms with Crippen molar-refractivity contribution in [3.63, 3.8) is 0 Å². The second-order valence-electron chi connectivity index (χ2n) is 8.27. The number of benzene rings is 1. The number of aromatic nitrogens is 1. The SMILES string of the molecule is CCCn1c(C)cc(/C=C(\C#N)C(=O)Nc2cc(C(C)(C)C)ccc2OC)c1C. The third-order valence-electron chi connectivity index (χ3n) is 5.04. The van der Waals surface area contributed by atoms with Crippen molar-refractivity contribution in [2.24, 2.45) is 0 Å². The van der Waals surface area contributed by atoms with Gasteiger partial charge in [-0.2, -0.15) is 5.26 Å². The topological polar surface area (TPSA) is 67.0 Å². The van der Waals surface area contributed by atoms with Gasteiger partial charge in [-0.15, -0.1) is 0 Å². The fraction of sp³-hybridized carbons (Fsp3) is 0.417. The summed E-state index contributed by atoms with van der Waals surface area (Å²) in [5.74, 6) is 0.113. The Morgan fingerprint density at radius 3 is 2.52 bits per heavy atom. The first kappa shape index (κ1) is 22.3. The number of nitrogens with zero attached hydrogens (tertiary/aromatic N) is 2. The Balaban J connectivity index is 2.38. The summed E-state index contributed by atoms with van der Waals surface area (Å²) >= 11 is 0. The molecule has 0 fully saturated rings. The van der Waals surface area contributed by atoms with Gasteiger partial charge in [-0.25, -0.2) is 0 Å². The van der Waals surface area contributed by atoms with Gasteiger partial charge in [0.25, 0.3) is 5.91 Å². The van der Waals surface area contributed by atoms with Crippen molar-refractivity contribution in [3.8, 4) is 11.8 Å². The molecular formula is C24H31N3O2. The summed E-state index contributed by atoms with van der Waals surface area (Å²) < 4.78 is 7.59. The van der Waals surface area contributed by atoms with Crippen LogP contribution >= 0.6 is 0 Å². The molecule has 0 aliphatic heterocycles. The summed E-state index contributed by atoms with van der Waals surface area (Å²) in [5, 5.41) is 12.4. The zero-order valence-electron chi connectivity index (χ0n) is 18.5. The van der Waals surface area contributed by atoms with Crippen LogP contribution in [0.5, 0.6) is 5.75 Å². The first-order valence-electron chi connectivity index (χ1n) is 9.90. The molecule has 154 valence electrons. The van der Waals surface area contributed by atoms with Crippen LogP contribution in [0, 0.1) is 25.2 Å². The van der Waals surface area contributed by atoms with Crippen LogP contribution in [0.2, 0.25) is 0 Å². The lowest BCUT2D eigenvalue weighted by Crippen LogP contribution is -2.16. The summed E-state index contributed by atoms with van der Waals surface area (Å²) in [5.41, 5.74) is 4.67. The number of nitrogens with one attached hydrogen (secondary N) is 1. The number of ether oxygens (including phenoxy) is 1. The van der Waals surface area contributed by atoms with Gasteiger partial charge in [0.05, 0.1) is 12.8 Å². The molecule has 2 aromatic rings. The van der Waals surface area contributed by atoms with Crippen molar-refractivity contribution in [2.45, 2.75) is 59.9 Å². The molecule has 5 nitrogen and oxygen atoms in total. The van der Waals surface area contributed by atoms with Crippen LogP contribution in [0.15, 0.2) is 29.8 Å². The molecule has 0 spiro atoms. The van der Waals surface area contributed by atoms with Gasteiger partial charge in [0, 0.05) is 17.9 Å². The monoisotopic (exact) mass is 393 g/mol. The zero-order valence-corrected chi connectivity index (χ0v) is 18.5. The summed E-state index contributed by atoms with van der Waals surface area (Å²) in [6.45, 7) is 13.4. The average molecular weight is 394 g/mol. The quantitative estimate of drug-likeness (QED) is 0.530. The van der Waals surface area contributed by atoms with Gasteiger partial charge in [0.1, 0.15) is 17.4 Å². The summed E-state index contributed by atoms with van der Waals surface area (Å²) in [4.78, 5) is 12.8. The molecule has 0 aliphatic rings. The number of nitriles is 1. The van der Waals surface area contributed by atoms with E-state index >= 15 is 0 Å². The second kappa shape index (κ2) is 9.00. The maximum atomic E-state index is 12.8. The zero-order chi connectivity index (χ0) is 21.8. The third kappa shape index (κ3) is 5.08. The molecule has 0 aliphatic carbocycles. The molecule has 1 aromatic heterocycles. The molecule has 0 bridgehead atoms. The van der Waals surface area contributed by atoms with Crippen LogP contribution in [0.1, 0.15) is 56.6 Å². The van der Waals surface area contributed by atoms with E-state index in [1.807, 2.05) is 44.2 Å². The minimum absolute atomic E-state index is 0.0602. The number of anilines is 1. The van der Waals surface area contributed by atoms with Crippen molar-refractivity contribution < 1.29 is 9.53 Å². The number of rotatable bonds is 6. The molecule has 0 radical (unpaired) electrons. The Bertz CT molecular complexity index is 969. The minimum Gasteiger partial charge on any atom is -0.495 e. The number of methoxy groups -OCH3 is 1. The van der Waals surface area contributed by atoms with E-state index in [2.05, 4.69) is 37.6 Å². The molecule has 2 rings (SSSR count). The molecule has 0 unspecified atom stereocenters. The Morgan fingerprint density at radius 1 is 1.28 bits per heavy atom. The van der Waals surface area contributed by atoms with Crippen LogP contribution < -0.4 is 10.1 Å². The molecule has 29 heavy (non-hydrogen) atoms. The van der Waals surface area contributed by atoms with Gasteiger partial charge in [-0.3, -0.25) is 4.79 Å². The number of hydrogen-bond donors (Lipinski definition) is 1. The van der Waals surface area contributed by atoms with Crippen LogP contribution in [0.25, 0.3) is 6.08 Å². The van der Waals surface area contributed by atoms with Crippen molar-refractivity contribution in [3.05, 3.63) is 52.4 Å². The van der Waals surface area contributed by atoms with Crippen molar-refractivity contribution >= 4 is 17.7 Å². The van der Waals surface area contributed by atoms with Gasteiger partial charge in [0.15, 0.2) is 0 Å². The number of carbonyl (C=O) groups is 1.